The van der Waals surface area contributed by atoms with Gasteiger partial charge in [-0.05, 0) is 55.0 Å². The summed E-state index contributed by atoms with van der Waals surface area (Å²) in [5, 5.41) is 11.8. The molecule has 0 spiro atoms. The minimum absolute atomic E-state index is 0.0374. The number of esters is 1. The minimum atomic E-state index is -0.563. The first-order valence-corrected chi connectivity index (χ1v) is 9.61. The Bertz CT molecular complexity index is 930. The number of benzene rings is 2. The first-order valence-electron chi connectivity index (χ1n) is 9.61. The Morgan fingerprint density at radius 1 is 1.00 bits per heavy atom. The summed E-state index contributed by atoms with van der Waals surface area (Å²) in [5.41, 5.74) is 0.577. The third-order valence-corrected chi connectivity index (χ3v) is 3.87. The fourth-order valence-electron chi connectivity index (χ4n) is 2.41. The largest absolute Gasteiger partial charge is 0.494 e. The summed E-state index contributed by atoms with van der Waals surface area (Å²) in [6.45, 7) is 2.87. The average Bonchev–Trinajstić information content (AvgIpc) is 2.78. The summed E-state index contributed by atoms with van der Waals surface area (Å²) in [7, 11) is 1.52. The summed E-state index contributed by atoms with van der Waals surface area (Å²) >= 11 is 0. The van der Waals surface area contributed by atoms with E-state index in [2.05, 4.69) is 5.32 Å². The molecule has 2 aromatic carbocycles. The number of amides is 1. The molecule has 2 rings (SSSR count). The van der Waals surface area contributed by atoms with Crippen LogP contribution in [0.3, 0.4) is 0 Å². The summed E-state index contributed by atoms with van der Waals surface area (Å²) in [6.07, 6.45) is 1.45. The number of carbonyl (C=O) groups is 2. The number of hydrogen-bond donors (Lipinski definition) is 1. The molecule has 0 saturated heterocycles. The number of nitriles is 1. The van der Waals surface area contributed by atoms with Crippen LogP contribution in [-0.4, -0.2) is 45.4 Å². The molecule has 0 fully saturated rings. The topological polar surface area (TPSA) is 107 Å². The Morgan fingerprint density at radius 3 is 2.19 bits per heavy atom. The van der Waals surface area contributed by atoms with Crippen molar-refractivity contribution in [3.05, 3.63) is 59.7 Å². The summed E-state index contributed by atoms with van der Waals surface area (Å²) in [6, 6.07) is 15.2. The zero-order chi connectivity index (χ0) is 22.5. The van der Waals surface area contributed by atoms with Gasteiger partial charge >= 0.3 is 5.97 Å². The second-order valence-corrected chi connectivity index (χ2v) is 6.15. The van der Waals surface area contributed by atoms with Crippen molar-refractivity contribution in [2.24, 2.45) is 0 Å². The fourth-order valence-corrected chi connectivity index (χ4v) is 2.41. The molecule has 0 aliphatic heterocycles. The molecular formula is C23H24N2O6. The molecule has 1 amide bonds. The second kappa shape index (κ2) is 12.7. The summed E-state index contributed by atoms with van der Waals surface area (Å²) < 4.78 is 20.8. The smallest absolute Gasteiger partial charge is 0.349 e. The monoisotopic (exact) mass is 424 g/mol. The molecule has 0 bridgehead atoms. The quantitative estimate of drug-likeness (QED) is 0.194. The normalized spacial score (nSPS) is 10.7. The van der Waals surface area contributed by atoms with E-state index in [1.165, 1.54) is 13.2 Å². The van der Waals surface area contributed by atoms with E-state index < -0.39 is 11.9 Å². The number of carbonyl (C=O) groups excluding carboxylic acids is 2. The highest BCUT2D eigenvalue weighted by Gasteiger charge is 2.09. The van der Waals surface area contributed by atoms with Crippen LogP contribution in [-0.2, 0) is 14.3 Å². The third-order valence-electron chi connectivity index (χ3n) is 3.87. The van der Waals surface area contributed by atoms with Gasteiger partial charge in [-0.2, -0.15) is 5.26 Å². The molecule has 8 nitrogen and oxygen atoms in total. The summed E-state index contributed by atoms with van der Waals surface area (Å²) in [5.74, 6) is 0.515. The number of rotatable bonds is 11. The van der Waals surface area contributed by atoms with Crippen molar-refractivity contribution >= 4 is 18.0 Å². The molecule has 0 saturated carbocycles. The number of nitrogens with zero attached hydrogens (tertiary/aromatic N) is 1. The maximum Gasteiger partial charge on any atom is 0.349 e. The molecule has 0 aliphatic rings. The van der Waals surface area contributed by atoms with E-state index in [0.29, 0.717) is 36.8 Å². The Hall–Kier alpha value is -3.83. The van der Waals surface area contributed by atoms with E-state index in [0.717, 1.165) is 5.75 Å². The standard InChI is InChI=1S/C23H24N2O6/c1-3-29-19-8-10-20(11-9-19)30-16-22(26)31-21-6-4-17(5-7-21)14-18(15-24)23(27)25-12-13-28-2/h4-11,14H,3,12-13,16H2,1-2H3,(H,25,27)/b18-14+. The molecule has 0 aromatic heterocycles. The van der Waals surface area contributed by atoms with Gasteiger partial charge in [0.1, 0.15) is 28.9 Å². The first-order chi connectivity index (χ1) is 15.0. The van der Waals surface area contributed by atoms with Crippen LogP contribution in [0.4, 0.5) is 0 Å². The summed E-state index contributed by atoms with van der Waals surface area (Å²) in [4.78, 5) is 23.9. The molecule has 0 radical (unpaired) electrons. The van der Waals surface area contributed by atoms with Gasteiger partial charge in [-0.25, -0.2) is 4.79 Å². The lowest BCUT2D eigenvalue weighted by Gasteiger charge is -2.08. The second-order valence-electron chi connectivity index (χ2n) is 6.15. The van der Waals surface area contributed by atoms with E-state index in [9.17, 15) is 14.9 Å². The van der Waals surface area contributed by atoms with E-state index in [4.69, 9.17) is 18.9 Å². The van der Waals surface area contributed by atoms with Gasteiger partial charge in [-0.1, -0.05) is 12.1 Å². The van der Waals surface area contributed by atoms with Crippen LogP contribution in [0.25, 0.3) is 6.08 Å². The molecule has 0 aliphatic carbocycles. The number of ether oxygens (including phenoxy) is 4. The maximum absolute atomic E-state index is 12.0. The van der Waals surface area contributed by atoms with Crippen molar-refractivity contribution in [1.82, 2.24) is 5.32 Å². The van der Waals surface area contributed by atoms with Gasteiger partial charge in [0, 0.05) is 13.7 Å². The highest BCUT2D eigenvalue weighted by atomic mass is 16.6. The van der Waals surface area contributed by atoms with E-state index in [1.54, 1.807) is 48.5 Å². The predicted octanol–water partition coefficient (Wildman–Crippen LogP) is 2.74. The number of hydrogen-bond acceptors (Lipinski definition) is 7. The highest BCUT2D eigenvalue weighted by molar-refractivity contribution is 6.01. The zero-order valence-electron chi connectivity index (χ0n) is 17.4. The molecule has 1 N–H and O–H groups in total. The van der Waals surface area contributed by atoms with E-state index >= 15 is 0 Å². The first kappa shape index (κ1) is 23.4. The SMILES string of the molecule is CCOc1ccc(OCC(=O)Oc2ccc(/C=C(\C#N)C(=O)NCCOC)cc2)cc1. The van der Waals surface area contributed by atoms with Crippen molar-refractivity contribution in [2.75, 3.05) is 33.5 Å². The lowest BCUT2D eigenvalue weighted by atomic mass is 10.1. The lowest BCUT2D eigenvalue weighted by molar-refractivity contribution is -0.136. The maximum atomic E-state index is 12.0. The van der Waals surface area contributed by atoms with Crippen molar-refractivity contribution in [2.45, 2.75) is 6.92 Å². The van der Waals surface area contributed by atoms with Crippen LogP contribution in [0.1, 0.15) is 12.5 Å². The molecule has 2 aromatic rings. The highest BCUT2D eigenvalue weighted by Crippen LogP contribution is 2.18. The van der Waals surface area contributed by atoms with E-state index in [1.807, 2.05) is 13.0 Å². The lowest BCUT2D eigenvalue weighted by Crippen LogP contribution is -2.27. The van der Waals surface area contributed by atoms with Gasteiger partial charge in [-0.3, -0.25) is 4.79 Å². The van der Waals surface area contributed by atoms with Crippen LogP contribution in [0.2, 0.25) is 0 Å². The molecular weight excluding hydrogens is 400 g/mol. The number of methoxy groups -OCH3 is 1. The third kappa shape index (κ3) is 8.20. The Kier molecular flexibility index (Phi) is 9.59. The molecule has 8 heteroatoms. The molecule has 31 heavy (non-hydrogen) atoms. The van der Waals surface area contributed by atoms with Crippen LogP contribution in [0.15, 0.2) is 54.1 Å². The van der Waals surface area contributed by atoms with Gasteiger partial charge in [-0.15, -0.1) is 0 Å². The predicted molar refractivity (Wildman–Crippen MR) is 114 cm³/mol. The van der Waals surface area contributed by atoms with Gasteiger partial charge in [0.05, 0.1) is 13.2 Å². The van der Waals surface area contributed by atoms with Crippen LogP contribution in [0.5, 0.6) is 17.2 Å². The van der Waals surface area contributed by atoms with Gasteiger partial charge < -0.3 is 24.3 Å². The fraction of sp³-hybridized carbons (Fsp3) is 0.261. The zero-order valence-corrected chi connectivity index (χ0v) is 17.4. The Morgan fingerprint density at radius 2 is 1.61 bits per heavy atom. The molecule has 0 atom stereocenters. The van der Waals surface area contributed by atoms with Crippen LogP contribution >= 0.6 is 0 Å². The Labute approximate surface area is 181 Å². The molecule has 0 unspecified atom stereocenters. The molecule has 162 valence electrons. The average molecular weight is 424 g/mol. The van der Waals surface area contributed by atoms with Crippen molar-refractivity contribution in [1.29, 1.82) is 5.26 Å². The van der Waals surface area contributed by atoms with Crippen molar-refractivity contribution in [3.8, 4) is 23.3 Å². The Balaban J connectivity index is 1.87. The van der Waals surface area contributed by atoms with Crippen LogP contribution < -0.4 is 19.5 Å². The van der Waals surface area contributed by atoms with Gasteiger partial charge in [0.2, 0.25) is 0 Å². The molecule has 0 heterocycles. The van der Waals surface area contributed by atoms with Gasteiger partial charge in [0.15, 0.2) is 6.61 Å². The van der Waals surface area contributed by atoms with Crippen LogP contribution in [0, 0.1) is 11.3 Å². The number of nitrogens with one attached hydrogen (secondary N) is 1. The van der Waals surface area contributed by atoms with Crippen molar-refractivity contribution < 1.29 is 28.5 Å². The van der Waals surface area contributed by atoms with Crippen molar-refractivity contribution in [3.63, 3.8) is 0 Å². The van der Waals surface area contributed by atoms with Gasteiger partial charge in [0.25, 0.3) is 5.91 Å². The minimum Gasteiger partial charge on any atom is -0.494 e. The van der Waals surface area contributed by atoms with E-state index in [-0.39, 0.29) is 12.2 Å².